The lowest BCUT2D eigenvalue weighted by molar-refractivity contribution is -0.111. The molecule has 0 fully saturated rings. The molecular formula is C10H9BrFN3O. The van der Waals surface area contributed by atoms with Crippen LogP contribution in [-0.4, -0.2) is 22.1 Å². The van der Waals surface area contributed by atoms with Gasteiger partial charge in [-0.25, -0.2) is 4.39 Å². The summed E-state index contributed by atoms with van der Waals surface area (Å²) in [6.07, 6.45) is 0.245. The molecule has 1 aliphatic heterocycles. The largest absolute Gasteiger partial charge is 0.317 e. The zero-order chi connectivity index (χ0) is 11.5. The van der Waals surface area contributed by atoms with Crippen LogP contribution < -0.4 is 5.43 Å². The number of hydrogen-bond donors (Lipinski definition) is 1. The number of carbonyl (C=O) groups is 1. The second-order valence-electron chi connectivity index (χ2n) is 3.35. The summed E-state index contributed by atoms with van der Waals surface area (Å²) in [6, 6.07) is 6.24. The minimum absolute atomic E-state index is 0.291. The monoisotopic (exact) mass is 285 g/mol. The fourth-order valence-corrected chi connectivity index (χ4v) is 1.92. The Kier molecular flexibility index (Phi) is 3.19. The summed E-state index contributed by atoms with van der Waals surface area (Å²) in [5.74, 6) is -0.291. The first-order chi connectivity index (χ1) is 7.70. The maximum atomic E-state index is 13.0. The molecule has 0 aliphatic carbocycles. The summed E-state index contributed by atoms with van der Waals surface area (Å²) in [5, 5.41) is 3.87. The van der Waals surface area contributed by atoms with Gasteiger partial charge in [-0.3, -0.25) is 10.2 Å². The van der Waals surface area contributed by atoms with E-state index in [0.717, 1.165) is 11.8 Å². The lowest BCUT2D eigenvalue weighted by atomic mass is 10.2. The van der Waals surface area contributed by atoms with E-state index in [-0.39, 0.29) is 5.82 Å². The van der Waals surface area contributed by atoms with Gasteiger partial charge >= 0.3 is 0 Å². The van der Waals surface area contributed by atoms with Gasteiger partial charge in [0, 0.05) is 6.54 Å². The Hall–Kier alpha value is -1.43. The van der Waals surface area contributed by atoms with Gasteiger partial charge in [0.05, 0.1) is 0 Å². The van der Waals surface area contributed by atoms with E-state index in [0.29, 0.717) is 11.3 Å². The molecule has 16 heavy (non-hydrogen) atoms. The predicted molar refractivity (Wildman–Crippen MR) is 61.3 cm³/mol. The van der Waals surface area contributed by atoms with Crippen molar-refractivity contribution in [3.05, 3.63) is 35.6 Å². The molecule has 1 atom stereocenters. The van der Waals surface area contributed by atoms with Crippen molar-refractivity contribution in [1.29, 1.82) is 0 Å². The molecule has 0 spiro atoms. The number of benzene rings is 1. The lowest BCUT2D eigenvalue weighted by Gasteiger charge is -2.20. The van der Waals surface area contributed by atoms with E-state index in [1.807, 2.05) is 0 Å². The van der Waals surface area contributed by atoms with Crippen LogP contribution in [0.25, 0.3) is 0 Å². The van der Waals surface area contributed by atoms with E-state index in [4.69, 9.17) is 0 Å². The molecule has 2 rings (SSSR count). The van der Waals surface area contributed by atoms with Gasteiger partial charge in [-0.2, -0.15) is 5.10 Å². The number of rotatable bonds is 3. The van der Waals surface area contributed by atoms with Crippen LogP contribution in [-0.2, 0) is 11.3 Å². The molecule has 0 radical (unpaired) electrons. The first-order valence-corrected chi connectivity index (χ1v) is 5.45. The van der Waals surface area contributed by atoms with E-state index >= 15 is 0 Å². The molecule has 6 heteroatoms. The van der Waals surface area contributed by atoms with Crippen LogP contribution in [0.2, 0.25) is 0 Å². The molecule has 4 nitrogen and oxygen atoms in total. The topological polar surface area (TPSA) is 44.7 Å². The highest BCUT2D eigenvalue weighted by molar-refractivity contribution is 9.18. The molecule has 1 unspecified atom stereocenters. The van der Waals surface area contributed by atoms with Gasteiger partial charge in [-0.1, -0.05) is 12.1 Å². The fraction of sp³-hybridized carbons (Fsp3) is 0.200. The third kappa shape index (κ3) is 2.21. The maximum absolute atomic E-state index is 13.0. The molecule has 1 heterocycles. The van der Waals surface area contributed by atoms with Crippen LogP contribution in [0.5, 0.6) is 0 Å². The van der Waals surface area contributed by atoms with Crippen molar-refractivity contribution in [3.8, 4) is 0 Å². The van der Waals surface area contributed by atoms with Crippen molar-refractivity contribution in [3.63, 3.8) is 0 Å². The van der Waals surface area contributed by atoms with Crippen LogP contribution in [0.15, 0.2) is 29.4 Å². The van der Waals surface area contributed by atoms with Gasteiger partial charge in [-0.15, -0.1) is 0 Å². The SMILES string of the molecule is O=CC1NN=C(Br)N1Cc1cccc(F)c1. The first kappa shape index (κ1) is 11.1. The summed E-state index contributed by atoms with van der Waals surface area (Å²) in [4.78, 5) is 12.4. The summed E-state index contributed by atoms with van der Waals surface area (Å²) in [5.41, 5.74) is 3.43. The van der Waals surface area contributed by atoms with Gasteiger partial charge in [0.2, 0.25) is 0 Å². The van der Waals surface area contributed by atoms with Crippen LogP contribution in [0.4, 0.5) is 4.39 Å². The van der Waals surface area contributed by atoms with E-state index in [9.17, 15) is 9.18 Å². The van der Waals surface area contributed by atoms with E-state index < -0.39 is 6.17 Å². The third-order valence-electron chi connectivity index (χ3n) is 2.23. The Labute approximate surface area is 100 Å². The number of nitrogens with one attached hydrogen (secondary N) is 1. The zero-order valence-corrected chi connectivity index (χ0v) is 9.82. The second kappa shape index (κ2) is 4.61. The van der Waals surface area contributed by atoms with Crippen molar-refractivity contribution in [2.75, 3.05) is 0 Å². The van der Waals surface area contributed by atoms with Crippen molar-refractivity contribution in [2.45, 2.75) is 12.7 Å². The Balaban J connectivity index is 2.14. The lowest BCUT2D eigenvalue weighted by Crippen LogP contribution is -2.39. The van der Waals surface area contributed by atoms with Crippen molar-refractivity contribution < 1.29 is 9.18 Å². The number of hydrazone groups is 1. The van der Waals surface area contributed by atoms with Gasteiger partial charge in [0.25, 0.3) is 0 Å². The Bertz CT molecular complexity index is 438. The van der Waals surface area contributed by atoms with Gasteiger partial charge in [0.1, 0.15) is 5.82 Å². The second-order valence-corrected chi connectivity index (χ2v) is 4.06. The number of carbonyl (C=O) groups excluding carboxylic acids is 1. The van der Waals surface area contributed by atoms with Gasteiger partial charge in [0.15, 0.2) is 17.2 Å². The van der Waals surface area contributed by atoms with Gasteiger partial charge < -0.3 is 4.90 Å². The van der Waals surface area contributed by atoms with Crippen LogP contribution >= 0.6 is 15.9 Å². The number of hydrogen-bond acceptors (Lipinski definition) is 4. The van der Waals surface area contributed by atoms with Crippen molar-refractivity contribution in [2.24, 2.45) is 5.10 Å². The smallest absolute Gasteiger partial charge is 0.194 e. The molecule has 0 bridgehead atoms. The molecule has 0 saturated carbocycles. The quantitative estimate of drug-likeness (QED) is 0.675. The molecule has 0 aromatic heterocycles. The number of halogens is 2. The standard InChI is InChI=1S/C10H9BrFN3O/c11-10-14-13-9(6-16)15(10)5-7-2-1-3-8(12)4-7/h1-4,6,9,13H,5H2. The summed E-state index contributed by atoms with van der Waals surface area (Å²) >= 11 is 3.22. The number of amidine groups is 1. The minimum atomic E-state index is -0.502. The summed E-state index contributed by atoms with van der Waals surface area (Å²) in [6.45, 7) is 0.415. The van der Waals surface area contributed by atoms with Crippen molar-refractivity contribution in [1.82, 2.24) is 10.3 Å². The summed E-state index contributed by atoms with van der Waals surface area (Å²) < 4.78 is 13.5. The minimum Gasteiger partial charge on any atom is -0.317 e. The third-order valence-corrected chi connectivity index (χ3v) is 2.87. The van der Waals surface area contributed by atoms with E-state index in [2.05, 4.69) is 26.5 Å². The highest BCUT2D eigenvalue weighted by Crippen LogP contribution is 2.15. The molecule has 1 aliphatic rings. The van der Waals surface area contributed by atoms with E-state index in [1.165, 1.54) is 12.1 Å². The Morgan fingerprint density at radius 2 is 2.44 bits per heavy atom. The maximum Gasteiger partial charge on any atom is 0.194 e. The van der Waals surface area contributed by atoms with Crippen molar-refractivity contribution >= 4 is 27.0 Å². The Morgan fingerprint density at radius 1 is 1.62 bits per heavy atom. The number of nitrogens with zero attached hydrogens (tertiary/aromatic N) is 2. The molecule has 84 valence electrons. The number of aldehydes is 1. The molecule has 0 saturated heterocycles. The Morgan fingerprint density at radius 3 is 3.12 bits per heavy atom. The zero-order valence-electron chi connectivity index (χ0n) is 8.23. The normalized spacial score (nSPS) is 19.2. The van der Waals surface area contributed by atoms with Crippen LogP contribution in [0.3, 0.4) is 0 Å². The summed E-state index contributed by atoms with van der Waals surface area (Å²) in [7, 11) is 0. The molecular weight excluding hydrogens is 277 g/mol. The fourth-order valence-electron chi connectivity index (χ4n) is 1.47. The van der Waals surface area contributed by atoms with Crippen LogP contribution in [0, 0.1) is 5.82 Å². The molecule has 1 aromatic rings. The van der Waals surface area contributed by atoms with Crippen LogP contribution in [0.1, 0.15) is 5.56 Å². The average Bonchev–Trinajstić information content (AvgIpc) is 2.60. The highest BCUT2D eigenvalue weighted by Gasteiger charge is 2.25. The molecule has 1 N–H and O–H groups in total. The molecule has 1 aromatic carbocycles. The average molecular weight is 286 g/mol. The first-order valence-electron chi connectivity index (χ1n) is 4.66. The predicted octanol–water partition coefficient (Wildman–Crippen LogP) is 1.42. The van der Waals surface area contributed by atoms with E-state index in [1.54, 1.807) is 17.0 Å². The molecule has 0 amide bonds. The van der Waals surface area contributed by atoms with Gasteiger partial charge in [-0.05, 0) is 33.6 Å². The highest BCUT2D eigenvalue weighted by atomic mass is 79.9.